The molecule has 0 saturated carbocycles. The molecule has 164 valence electrons. The Morgan fingerprint density at radius 3 is 2.60 bits per heavy atom. The number of alkyl halides is 3. The zero-order valence-corrected chi connectivity index (χ0v) is 17.9. The Morgan fingerprint density at radius 1 is 1.23 bits per heavy atom. The molecule has 0 bridgehead atoms. The van der Waals surface area contributed by atoms with E-state index >= 15 is 0 Å². The summed E-state index contributed by atoms with van der Waals surface area (Å²) in [6.07, 6.45) is 5.57. The van der Waals surface area contributed by atoms with Crippen molar-refractivity contribution in [1.82, 2.24) is 19.2 Å². The first-order valence-electron chi connectivity index (χ1n) is 8.94. The highest BCUT2D eigenvalue weighted by atomic mass is 32.3. The lowest BCUT2D eigenvalue weighted by Gasteiger charge is -2.24. The number of methoxy groups -OCH3 is 1. The van der Waals surface area contributed by atoms with Crippen LogP contribution in [0.2, 0.25) is 0 Å². The Balaban J connectivity index is 1.98. The van der Waals surface area contributed by atoms with E-state index in [0.29, 0.717) is 12.4 Å². The second-order valence-corrected chi connectivity index (χ2v) is 12.1. The van der Waals surface area contributed by atoms with Gasteiger partial charge in [0.05, 0.1) is 25.5 Å². The molecule has 0 atom stereocenters. The molecular weight excluding hydrogens is 421 g/mol. The minimum atomic E-state index is -4.82. The van der Waals surface area contributed by atoms with E-state index < -0.39 is 33.0 Å². The molecule has 0 spiro atoms. The zero-order valence-electron chi connectivity index (χ0n) is 17.1. The number of nitrogens with zero attached hydrogens (tertiary/aromatic N) is 4. The summed E-state index contributed by atoms with van der Waals surface area (Å²) < 4.78 is 54.1. The van der Waals surface area contributed by atoms with Gasteiger partial charge >= 0.3 is 6.18 Å². The van der Waals surface area contributed by atoms with Crippen molar-refractivity contribution in [2.45, 2.75) is 12.9 Å². The summed E-state index contributed by atoms with van der Waals surface area (Å²) in [6.45, 7) is 0.597. The summed E-state index contributed by atoms with van der Waals surface area (Å²) in [6, 6.07) is 2.75. The highest BCUT2D eigenvalue weighted by Crippen LogP contribution is 2.35. The van der Waals surface area contributed by atoms with Crippen molar-refractivity contribution in [3.63, 3.8) is 0 Å². The molecule has 0 radical (unpaired) electrons. The molecule has 0 aliphatic heterocycles. The van der Waals surface area contributed by atoms with Gasteiger partial charge in [-0.05, 0) is 24.8 Å². The summed E-state index contributed by atoms with van der Waals surface area (Å²) in [5.41, 5.74) is -2.80. The van der Waals surface area contributed by atoms with Crippen molar-refractivity contribution in [2.24, 2.45) is 0 Å². The third-order valence-electron chi connectivity index (χ3n) is 4.29. The van der Waals surface area contributed by atoms with Crippen molar-refractivity contribution >= 4 is 15.7 Å². The van der Waals surface area contributed by atoms with Crippen LogP contribution in [0.5, 0.6) is 5.75 Å². The van der Waals surface area contributed by atoms with Crippen molar-refractivity contribution in [3.05, 3.63) is 46.8 Å². The molecule has 3 heterocycles. The summed E-state index contributed by atoms with van der Waals surface area (Å²) in [5, 5.41) is 4.03. The quantitative estimate of drug-likeness (QED) is 0.523. The standard InChI is InChI=1S/C19H23F3N4O3S/c1-28-14-5-6-26-15(9-14)24-17(19(20,21)22)16(18(26)27)13-10-23-25(11-13)12-29-7-8-30(2,3)4/h5-6,9-11H,7-8,12H2,1-4H3. The largest absolute Gasteiger partial charge is 0.497 e. The van der Waals surface area contributed by atoms with Crippen molar-refractivity contribution in [1.29, 1.82) is 0 Å². The zero-order chi connectivity index (χ0) is 22.1. The van der Waals surface area contributed by atoms with E-state index in [1.807, 2.05) is 0 Å². The van der Waals surface area contributed by atoms with Crippen LogP contribution in [0.4, 0.5) is 13.2 Å². The molecule has 0 fully saturated rings. The number of halogens is 3. The highest BCUT2D eigenvalue weighted by molar-refractivity contribution is 8.32. The van der Waals surface area contributed by atoms with Crippen molar-refractivity contribution < 1.29 is 22.6 Å². The van der Waals surface area contributed by atoms with E-state index in [2.05, 4.69) is 28.8 Å². The topological polar surface area (TPSA) is 70.7 Å². The Kier molecular flexibility index (Phi) is 6.14. The molecule has 0 aliphatic carbocycles. The Bertz CT molecular complexity index is 1100. The molecule has 0 aliphatic rings. The van der Waals surface area contributed by atoms with Crippen LogP contribution >= 0.6 is 10.0 Å². The number of aromatic nitrogens is 4. The van der Waals surface area contributed by atoms with Gasteiger partial charge in [-0.15, -0.1) is 0 Å². The maximum Gasteiger partial charge on any atom is 0.434 e. The number of hydrogen-bond donors (Lipinski definition) is 0. The van der Waals surface area contributed by atoms with Crippen LogP contribution in [-0.4, -0.2) is 57.4 Å². The first-order valence-corrected chi connectivity index (χ1v) is 12.0. The van der Waals surface area contributed by atoms with Crippen LogP contribution in [0.25, 0.3) is 16.8 Å². The normalized spacial score (nSPS) is 13.0. The Hall–Kier alpha value is -2.53. The predicted octanol–water partition coefficient (Wildman–Crippen LogP) is 3.25. The highest BCUT2D eigenvalue weighted by Gasteiger charge is 2.38. The molecule has 3 aromatic rings. The van der Waals surface area contributed by atoms with Crippen LogP contribution in [0.15, 0.2) is 35.5 Å². The molecule has 0 N–H and O–H groups in total. The maximum absolute atomic E-state index is 13.7. The Labute approximate surface area is 172 Å². The second-order valence-electron chi connectivity index (χ2n) is 7.53. The smallest absolute Gasteiger partial charge is 0.434 e. The average Bonchev–Trinajstić information content (AvgIpc) is 3.11. The van der Waals surface area contributed by atoms with E-state index in [1.54, 1.807) is 0 Å². The lowest BCUT2D eigenvalue weighted by atomic mass is 10.1. The van der Waals surface area contributed by atoms with E-state index in [0.717, 1.165) is 10.2 Å². The number of hydrogen-bond acceptors (Lipinski definition) is 5. The number of pyridine rings is 1. The summed E-state index contributed by atoms with van der Waals surface area (Å²) >= 11 is 0. The van der Waals surface area contributed by atoms with Crippen molar-refractivity contribution in [2.75, 3.05) is 38.2 Å². The van der Waals surface area contributed by atoms with Gasteiger partial charge in [0.25, 0.3) is 5.56 Å². The molecule has 0 aromatic carbocycles. The van der Waals surface area contributed by atoms with E-state index in [1.165, 1.54) is 42.5 Å². The molecule has 0 unspecified atom stereocenters. The minimum Gasteiger partial charge on any atom is -0.497 e. The first-order chi connectivity index (χ1) is 14.0. The monoisotopic (exact) mass is 444 g/mol. The molecule has 3 aromatic heterocycles. The van der Waals surface area contributed by atoms with Gasteiger partial charge in [0.2, 0.25) is 0 Å². The average molecular weight is 444 g/mol. The second kappa shape index (κ2) is 8.31. The predicted molar refractivity (Wildman–Crippen MR) is 110 cm³/mol. The van der Waals surface area contributed by atoms with Gasteiger partial charge in [0.15, 0.2) is 5.69 Å². The third-order valence-corrected chi connectivity index (χ3v) is 5.68. The summed E-state index contributed by atoms with van der Waals surface area (Å²) in [5.74, 6) is 1.20. The molecule has 0 saturated heterocycles. The molecule has 7 nitrogen and oxygen atoms in total. The van der Waals surface area contributed by atoms with Gasteiger partial charge in [-0.1, -0.05) is 0 Å². The third kappa shape index (κ3) is 4.96. The number of fused-ring (bicyclic) bond motifs is 1. The van der Waals surface area contributed by atoms with Gasteiger partial charge in [-0.25, -0.2) is 19.7 Å². The van der Waals surface area contributed by atoms with Gasteiger partial charge in [0, 0.05) is 29.8 Å². The van der Waals surface area contributed by atoms with Crippen LogP contribution in [0.1, 0.15) is 5.69 Å². The van der Waals surface area contributed by atoms with Gasteiger partial charge < -0.3 is 9.47 Å². The van der Waals surface area contributed by atoms with Gasteiger partial charge in [0.1, 0.15) is 18.1 Å². The van der Waals surface area contributed by atoms with E-state index in [-0.39, 0.29) is 17.9 Å². The Morgan fingerprint density at radius 2 is 1.97 bits per heavy atom. The molecule has 0 amide bonds. The fraction of sp³-hybridized carbons (Fsp3) is 0.421. The first kappa shape index (κ1) is 22.2. The SMILES string of the molecule is COc1ccn2c(=O)c(-c3cnn(COCCS(C)(C)C)c3)c(C(F)(F)F)nc2c1. The molecule has 30 heavy (non-hydrogen) atoms. The van der Waals surface area contributed by atoms with Gasteiger partial charge in [-0.3, -0.25) is 9.20 Å². The minimum absolute atomic E-state index is 0.0232. The van der Waals surface area contributed by atoms with E-state index in [4.69, 9.17) is 9.47 Å². The van der Waals surface area contributed by atoms with Crippen LogP contribution in [-0.2, 0) is 17.6 Å². The number of rotatable bonds is 7. The molecular formula is C19H23F3N4O3S. The molecule has 11 heteroatoms. The van der Waals surface area contributed by atoms with Crippen LogP contribution < -0.4 is 10.3 Å². The summed E-state index contributed by atoms with van der Waals surface area (Å²) in [4.78, 5) is 16.6. The van der Waals surface area contributed by atoms with Gasteiger partial charge in [-0.2, -0.15) is 18.3 Å². The number of ether oxygens (including phenoxy) is 2. The van der Waals surface area contributed by atoms with Crippen molar-refractivity contribution in [3.8, 4) is 16.9 Å². The fourth-order valence-electron chi connectivity index (χ4n) is 2.74. The maximum atomic E-state index is 13.7. The summed E-state index contributed by atoms with van der Waals surface area (Å²) in [7, 11) is 0.666. The van der Waals surface area contributed by atoms with Crippen LogP contribution in [0, 0.1) is 0 Å². The van der Waals surface area contributed by atoms with E-state index in [9.17, 15) is 18.0 Å². The fourth-order valence-corrected chi connectivity index (χ4v) is 3.36. The molecule has 3 rings (SSSR count). The lowest BCUT2D eigenvalue weighted by molar-refractivity contribution is -0.140. The van der Waals surface area contributed by atoms with Crippen LogP contribution in [0.3, 0.4) is 0 Å². The lowest BCUT2D eigenvalue weighted by Crippen LogP contribution is -2.24.